The fourth-order valence-electron chi connectivity index (χ4n) is 5.94. The topological polar surface area (TPSA) is 357 Å². The van der Waals surface area contributed by atoms with Gasteiger partial charge in [0.05, 0.1) is 6.61 Å². The first-order chi connectivity index (χ1) is 26.2. The summed E-state index contributed by atoms with van der Waals surface area (Å²) in [6, 6.07) is -8.56. The molecule has 0 unspecified atom stereocenters. The first-order valence-electron chi connectivity index (χ1n) is 18.9. The number of aliphatic imine (C=N–C) groups is 1. The van der Waals surface area contributed by atoms with Crippen molar-refractivity contribution >= 4 is 53.3 Å². The van der Waals surface area contributed by atoms with Crippen LogP contribution in [0.5, 0.6) is 0 Å². The van der Waals surface area contributed by atoms with Crippen LogP contribution in [0.3, 0.4) is 0 Å². The molecular formula is C35H63N11O10. The number of amides is 7. The molecule has 21 heteroatoms. The van der Waals surface area contributed by atoms with E-state index < -0.39 is 114 Å². The quantitative estimate of drug-likeness (QED) is 0.0257. The number of nitrogens with one attached hydrogen (secondary N) is 5. The fourth-order valence-corrected chi connectivity index (χ4v) is 5.94. The first kappa shape index (κ1) is 49.0. The van der Waals surface area contributed by atoms with Crippen LogP contribution in [0, 0.1) is 17.8 Å². The summed E-state index contributed by atoms with van der Waals surface area (Å²) >= 11 is 0. The summed E-state index contributed by atoms with van der Waals surface area (Å²) in [6.45, 7) is 9.70. The van der Waals surface area contributed by atoms with Crippen LogP contribution in [0.1, 0.15) is 86.5 Å². The Kier molecular flexibility index (Phi) is 20.8. The monoisotopic (exact) mass is 797 g/mol. The van der Waals surface area contributed by atoms with Crippen LogP contribution < -0.4 is 49.5 Å². The number of nitrogens with zero attached hydrogens (tertiary/aromatic N) is 2. The number of nitrogens with two attached hydrogens (primary N) is 4. The Bertz CT molecular complexity index is 1420. The van der Waals surface area contributed by atoms with Gasteiger partial charge in [0, 0.05) is 19.5 Å². The summed E-state index contributed by atoms with van der Waals surface area (Å²) < 4.78 is 0. The number of aliphatic carboxylic acids is 1. The number of hydrogen-bond donors (Lipinski definition) is 11. The maximum absolute atomic E-state index is 13.8. The molecule has 7 amide bonds. The Morgan fingerprint density at radius 3 is 1.75 bits per heavy atom. The number of hydrogen-bond acceptors (Lipinski definition) is 11. The molecule has 56 heavy (non-hydrogen) atoms. The standard InChI is InChI=1S/C35H63N11O10/c1-7-19(6)27(32(53)42-22(12-13-24(37)48)33(54)46-15-9-11-23(46)34(55)56)45-31(52)26(18(4)5)44-30(51)25(17(2)3)43-29(50)21(10-8-14-40-35(38)39)41-28(49)20(36)16-47/h17-23,25-27,47H,7-16,36H2,1-6H3,(H2,37,48)(H,41,49)(H,42,53)(H,43,50)(H,44,51)(H,45,52)(H,55,56)(H4,38,39,40)/t19-,20-,21-,22-,23-,25-,26-,27-/m0/s1. The van der Waals surface area contributed by atoms with Crippen molar-refractivity contribution in [3.8, 4) is 0 Å². The van der Waals surface area contributed by atoms with Crippen molar-refractivity contribution < 1.29 is 48.6 Å². The number of carboxylic acids is 1. The highest BCUT2D eigenvalue weighted by molar-refractivity contribution is 5.97. The molecule has 1 saturated heterocycles. The summed E-state index contributed by atoms with van der Waals surface area (Å²) in [5, 5.41) is 32.0. The highest BCUT2D eigenvalue weighted by Gasteiger charge is 2.40. The molecule has 0 aromatic carbocycles. The first-order valence-corrected chi connectivity index (χ1v) is 18.9. The van der Waals surface area contributed by atoms with Gasteiger partial charge in [0.1, 0.15) is 42.3 Å². The Morgan fingerprint density at radius 2 is 1.27 bits per heavy atom. The molecule has 0 bridgehead atoms. The molecule has 0 saturated carbocycles. The molecule has 0 aromatic heterocycles. The van der Waals surface area contributed by atoms with Crippen molar-refractivity contribution in [3.05, 3.63) is 0 Å². The second-order valence-electron chi connectivity index (χ2n) is 14.7. The maximum atomic E-state index is 13.8. The highest BCUT2D eigenvalue weighted by atomic mass is 16.4. The van der Waals surface area contributed by atoms with Gasteiger partial charge in [-0.3, -0.25) is 38.6 Å². The van der Waals surface area contributed by atoms with E-state index in [9.17, 15) is 48.6 Å². The van der Waals surface area contributed by atoms with Gasteiger partial charge in [-0.05, 0) is 49.9 Å². The summed E-state index contributed by atoms with van der Waals surface area (Å²) in [4.78, 5) is 109. The number of carboxylic acid groups (broad SMARTS) is 1. The molecule has 1 fully saturated rings. The number of guanidine groups is 1. The van der Waals surface area contributed by atoms with Gasteiger partial charge in [0.25, 0.3) is 0 Å². The average molecular weight is 798 g/mol. The van der Waals surface area contributed by atoms with Crippen LogP contribution in [-0.4, -0.2) is 130 Å². The lowest BCUT2D eigenvalue weighted by atomic mass is 9.95. The number of likely N-dealkylation sites (tertiary alicyclic amines) is 1. The summed E-state index contributed by atoms with van der Waals surface area (Å²) in [5.41, 5.74) is 21.7. The van der Waals surface area contributed by atoms with Gasteiger partial charge in [0.15, 0.2) is 5.96 Å². The van der Waals surface area contributed by atoms with Crippen LogP contribution in [0.2, 0.25) is 0 Å². The number of primary amides is 1. The SMILES string of the molecule is CC[C@H](C)[C@H](NC(=O)[C@@H](NC(=O)[C@@H](NC(=O)[C@H](CCCN=C(N)N)NC(=O)[C@@H](N)CO)C(C)C)C(C)C)C(=O)N[C@@H](CCC(N)=O)C(=O)N1CCC[C@H]1C(=O)O. The molecule has 21 nitrogen and oxygen atoms in total. The van der Waals surface area contributed by atoms with E-state index in [2.05, 4.69) is 31.6 Å². The lowest BCUT2D eigenvalue weighted by molar-refractivity contribution is -0.149. The van der Waals surface area contributed by atoms with Crippen LogP contribution in [-0.2, 0) is 38.4 Å². The van der Waals surface area contributed by atoms with Crippen LogP contribution >= 0.6 is 0 Å². The van der Waals surface area contributed by atoms with E-state index in [-0.39, 0.29) is 51.2 Å². The number of carbonyl (C=O) groups excluding carboxylic acids is 7. The number of rotatable bonds is 24. The maximum Gasteiger partial charge on any atom is 0.326 e. The van der Waals surface area contributed by atoms with Gasteiger partial charge in [-0.1, -0.05) is 48.0 Å². The van der Waals surface area contributed by atoms with Gasteiger partial charge >= 0.3 is 5.97 Å². The van der Waals surface area contributed by atoms with E-state index in [1.165, 1.54) is 0 Å². The molecule has 0 spiro atoms. The zero-order valence-electron chi connectivity index (χ0n) is 33.2. The molecule has 1 rings (SSSR count). The minimum Gasteiger partial charge on any atom is -0.480 e. The third-order valence-electron chi connectivity index (χ3n) is 9.51. The molecule has 0 radical (unpaired) electrons. The van der Waals surface area contributed by atoms with Crippen molar-refractivity contribution in [2.45, 2.75) is 129 Å². The highest BCUT2D eigenvalue weighted by Crippen LogP contribution is 2.20. The Hall–Kier alpha value is -5.05. The summed E-state index contributed by atoms with van der Waals surface area (Å²) in [6.07, 6.45) is 0.881. The lowest BCUT2D eigenvalue weighted by Crippen LogP contribution is -2.62. The second-order valence-corrected chi connectivity index (χ2v) is 14.7. The zero-order chi connectivity index (χ0) is 42.9. The van der Waals surface area contributed by atoms with Gasteiger partial charge in [-0.15, -0.1) is 0 Å². The third kappa shape index (κ3) is 15.6. The van der Waals surface area contributed by atoms with E-state index >= 15 is 0 Å². The van der Waals surface area contributed by atoms with Crippen LogP contribution in [0.25, 0.3) is 0 Å². The van der Waals surface area contributed by atoms with Gasteiger partial charge in [0.2, 0.25) is 41.4 Å². The lowest BCUT2D eigenvalue weighted by Gasteiger charge is -2.32. The fraction of sp³-hybridized carbons (Fsp3) is 0.743. The molecule has 1 heterocycles. The van der Waals surface area contributed by atoms with Crippen molar-refractivity contribution in [1.29, 1.82) is 0 Å². The minimum absolute atomic E-state index is 0.0438. The molecule has 1 aliphatic heterocycles. The second kappa shape index (κ2) is 23.8. The molecule has 0 aromatic rings. The molecule has 1 aliphatic rings. The summed E-state index contributed by atoms with van der Waals surface area (Å²) in [7, 11) is 0. The Balaban J connectivity index is 3.27. The average Bonchev–Trinajstić information content (AvgIpc) is 3.63. The van der Waals surface area contributed by atoms with Crippen molar-refractivity contribution in [3.63, 3.8) is 0 Å². The smallest absolute Gasteiger partial charge is 0.326 e. The minimum atomic E-state index is -1.31. The van der Waals surface area contributed by atoms with Gasteiger partial charge in [-0.25, -0.2) is 4.79 Å². The van der Waals surface area contributed by atoms with E-state index in [1.807, 2.05) is 0 Å². The summed E-state index contributed by atoms with van der Waals surface area (Å²) in [5.74, 6) is -8.12. The predicted molar refractivity (Wildman–Crippen MR) is 205 cm³/mol. The predicted octanol–water partition coefficient (Wildman–Crippen LogP) is -3.52. The number of aliphatic hydroxyl groups is 1. The molecule has 15 N–H and O–H groups in total. The molecular weight excluding hydrogens is 734 g/mol. The van der Waals surface area contributed by atoms with Gasteiger partial charge < -0.3 is 64.6 Å². The molecule has 0 aliphatic carbocycles. The van der Waals surface area contributed by atoms with E-state index in [0.29, 0.717) is 12.8 Å². The molecule has 318 valence electrons. The third-order valence-corrected chi connectivity index (χ3v) is 9.51. The van der Waals surface area contributed by atoms with E-state index in [1.54, 1.807) is 41.5 Å². The van der Waals surface area contributed by atoms with Crippen molar-refractivity contribution in [2.24, 2.45) is 45.7 Å². The number of aliphatic hydroxyl groups excluding tert-OH is 1. The van der Waals surface area contributed by atoms with Crippen LogP contribution in [0.15, 0.2) is 4.99 Å². The van der Waals surface area contributed by atoms with Crippen LogP contribution in [0.4, 0.5) is 0 Å². The molecule has 8 atom stereocenters. The normalized spacial score (nSPS) is 17.7. The van der Waals surface area contributed by atoms with Crippen molar-refractivity contribution in [1.82, 2.24) is 31.5 Å². The van der Waals surface area contributed by atoms with E-state index in [4.69, 9.17) is 22.9 Å². The zero-order valence-corrected chi connectivity index (χ0v) is 33.2. The van der Waals surface area contributed by atoms with Gasteiger partial charge in [-0.2, -0.15) is 0 Å². The Morgan fingerprint density at radius 1 is 0.750 bits per heavy atom. The Labute approximate surface area is 327 Å². The largest absolute Gasteiger partial charge is 0.480 e. The number of carbonyl (C=O) groups is 8. The van der Waals surface area contributed by atoms with Crippen molar-refractivity contribution in [2.75, 3.05) is 19.7 Å². The van der Waals surface area contributed by atoms with E-state index in [0.717, 1.165) is 4.90 Å².